The van der Waals surface area contributed by atoms with Crippen molar-refractivity contribution in [2.45, 2.75) is 38.8 Å². The van der Waals surface area contributed by atoms with E-state index in [0.29, 0.717) is 13.0 Å². The molecule has 0 saturated carbocycles. The van der Waals surface area contributed by atoms with Crippen molar-refractivity contribution in [2.75, 3.05) is 13.2 Å². The molecule has 1 aromatic heterocycles. The summed E-state index contributed by atoms with van der Waals surface area (Å²) in [5.74, 6) is 0. The van der Waals surface area contributed by atoms with E-state index in [-0.39, 0.29) is 19.2 Å². The summed E-state index contributed by atoms with van der Waals surface area (Å²) >= 11 is 0. The summed E-state index contributed by atoms with van der Waals surface area (Å²) in [7, 11) is -3.56. The van der Waals surface area contributed by atoms with Crippen LogP contribution in [0.1, 0.15) is 30.5 Å². The molecule has 2 rings (SSSR count). The number of H-pyrrole nitrogens is 1. The van der Waals surface area contributed by atoms with Crippen LogP contribution in [0.4, 0.5) is 0 Å². The second kappa shape index (κ2) is 6.00. The average molecular weight is 288 g/mol. The molecule has 1 saturated heterocycles. The van der Waals surface area contributed by atoms with Crippen LogP contribution < -0.4 is 4.72 Å². The zero-order valence-electron chi connectivity index (χ0n) is 11.0. The van der Waals surface area contributed by atoms with Crippen LogP contribution in [0, 0.1) is 6.92 Å². The number of hydrogen-bond acceptors (Lipinski definition) is 4. The third-order valence-electron chi connectivity index (χ3n) is 3.47. The van der Waals surface area contributed by atoms with E-state index in [1.807, 2.05) is 6.92 Å². The first-order valence-corrected chi connectivity index (χ1v) is 7.84. The van der Waals surface area contributed by atoms with Gasteiger partial charge in [0.25, 0.3) is 10.2 Å². The molecule has 8 heteroatoms. The Morgan fingerprint density at radius 2 is 2.37 bits per heavy atom. The molecule has 1 atom stereocenters. The lowest BCUT2D eigenvalue weighted by molar-refractivity contribution is 0.154. The van der Waals surface area contributed by atoms with Crippen molar-refractivity contribution in [1.82, 2.24) is 19.2 Å². The molecule has 19 heavy (non-hydrogen) atoms. The average Bonchev–Trinajstić information content (AvgIpc) is 2.82. The Hall–Kier alpha value is -0.960. The summed E-state index contributed by atoms with van der Waals surface area (Å²) in [6.07, 6.45) is 4.11. The number of aliphatic hydroxyl groups is 1. The molecule has 0 aliphatic carbocycles. The van der Waals surface area contributed by atoms with E-state index in [4.69, 9.17) is 0 Å². The van der Waals surface area contributed by atoms with Gasteiger partial charge in [0.1, 0.15) is 0 Å². The summed E-state index contributed by atoms with van der Waals surface area (Å²) < 4.78 is 28.4. The normalized spacial score (nSPS) is 21.7. The summed E-state index contributed by atoms with van der Waals surface area (Å²) in [4.78, 5) is 0. The number of nitrogens with zero attached hydrogens (tertiary/aromatic N) is 2. The van der Waals surface area contributed by atoms with E-state index in [1.165, 1.54) is 4.31 Å². The Morgan fingerprint density at radius 3 is 3.00 bits per heavy atom. The number of aromatic nitrogens is 2. The third-order valence-corrected chi connectivity index (χ3v) is 5.08. The Bertz CT molecular complexity index is 514. The lowest BCUT2D eigenvalue weighted by Crippen LogP contribution is -2.50. The maximum absolute atomic E-state index is 12.2. The minimum Gasteiger partial charge on any atom is -0.395 e. The maximum atomic E-state index is 12.2. The molecule has 1 fully saturated rings. The minimum absolute atomic E-state index is 0.133. The fourth-order valence-corrected chi connectivity index (χ4v) is 3.72. The zero-order chi connectivity index (χ0) is 13.9. The molecule has 3 N–H and O–H groups in total. The largest absolute Gasteiger partial charge is 0.395 e. The van der Waals surface area contributed by atoms with Crippen molar-refractivity contribution in [3.63, 3.8) is 0 Å². The van der Waals surface area contributed by atoms with E-state index in [2.05, 4.69) is 14.9 Å². The number of hydrogen-bond donors (Lipinski definition) is 3. The Labute approximate surface area is 113 Å². The highest BCUT2D eigenvalue weighted by Crippen LogP contribution is 2.19. The van der Waals surface area contributed by atoms with E-state index >= 15 is 0 Å². The molecule has 0 spiro atoms. The number of aryl methyl sites for hydroxylation is 1. The first-order valence-electron chi connectivity index (χ1n) is 6.40. The highest BCUT2D eigenvalue weighted by Gasteiger charge is 2.31. The third kappa shape index (κ3) is 3.33. The number of rotatable bonds is 5. The van der Waals surface area contributed by atoms with Gasteiger partial charge in [-0.1, -0.05) is 6.42 Å². The van der Waals surface area contributed by atoms with Crippen LogP contribution in [0.15, 0.2) is 6.20 Å². The van der Waals surface area contributed by atoms with Crippen LogP contribution in [0.3, 0.4) is 0 Å². The quantitative estimate of drug-likeness (QED) is 0.704. The molecule has 0 amide bonds. The van der Waals surface area contributed by atoms with E-state index in [9.17, 15) is 13.5 Å². The fraction of sp³-hybridized carbons (Fsp3) is 0.727. The van der Waals surface area contributed by atoms with Gasteiger partial charge in [-0.15, -0.1) is 0 Å². The summed E-state index contributed by atoms with van der Waals surface area (Å²) in [5.41, 5.74) is 1.67. The number of aromatic amines is 1. The minimum atomic E-state index is -3.56. The van der Waals surface area contributed by atoms with Crippen LogP contribution >= 0.6 is 0 Å². The second-order valence-electron chi connectivity index (χ2n) is 4.79. The lowest BCUT2D eigenvalue weighted by atomic mass is 10.1. The molecule has 2 heterocycles. The van der Waals surface area contributed by atoms with Crippen molar-refractivity contribution in [1.29, 1.82) is 0 Å². The first kappa shape index (κ1) is 14.4. The molecule has 1 unspecified atom stereocenters. The van der Waals surface area contributed by atoms with Crippen LogP contribution in [-0.4, -0.2) is 47.2 Å². The Balaban J connectivity index is 2.03. The molecule has 1 aromatic rings. The van der Waals surface area contributed by atoms with Gasteiger partial charge in [0, 0.05) is 30.4 Å². The number of nitrogens with one attached hydrogen (secondary N) is 2. The number of piperidine rings is 1. The molecule has 0 radical (unpaired) electrons. The van der Waals surface area contributed by atoms with Crippen LogP contribution in [0.2, 0.25) is 0 Å². The van der Waals surface area contributed by atoms with Gasteiger partial charge < -0.3 is 5.11 Å². The molecule has 1 aliphatic rings. The van der Waals surface area contributed by atoms with Gasteiger partial charge in [-0.05, 0) is 19.8 Å². The molecular weight excluding hydrogens is 268 g/mol. The van der Waals surface area contributed by atoms with E-state index < -0.39 is 10.2 Å². The molecule has 0 aromatic carbocycles. The number of aliphatic hydroxyl groups excluding tert-OH is 1. The molecule has 108 valence electrons. The SMILES string of the molecule is Cc1[nH]ncc1CNS(=O)(=O)N1CCCCC1CO. The predicted molar refractivity (Wildman–Crippen MR) is 70.5 cm³/mol. The van der Waals surface area contributed by atoms with Crippen molar-refractivity contribution in [3.05, 3.63) is 17.5 Å². The maximum Gasteiger partial charge on any atom is 0.280 e. The van der Waals surface area contributed by atoms with Crippen molar-refractivity contribution < 1.29 is 13.5 Å². The monoisotopic (exact) mass is 288 g/mol. The fourth-order valence-electron chi connectivity index (χ4n) is 2.28. The predicted octanol–water partition coefficient (Wildman–Crippen LogP) is -0.101. The van der Waals surface area contributed by atoms with Gasteiger partial charge in [0.15, 0.2) is 0 Å². The lowest BCUT2D eigenvalue weighted by Gasteiger charge is -2.33. The van der Waals surface area contributed by atoms with Crippen LogP contribution in [-0.2, 0) is 16.8 Å². The summed E-state index contributed by atoms with van der Waals surface area (Å²) in [5, 5.41) is 15.9. The van der Waals surface area contributed by atoms with Gasteiger partial charge >= 0.3 is 0 Å². The molecular formula is C11H20N4O3S. The van der Waals surface area contributed by atoms with E-state index in [0.717, 1.165) is 24.1 Å². The van der Waals surface area contributed by atoms with Gasteiger partial charge in [0.05, 0.1) is 12.8 Å². The summed E-state index contributed by atoms with van der Waals surface area (Å²) in [6, 6.07) is -0.309. The van der Waals surface area contributed by atoms with Gasteiger partial charge in [-0.25, -0.2) is 0 Å². The molecule has 7 nitrogen and oxygen atoms in total. The van der Waals surface area contributed by atoms with Gasteiger partial charge in [-0.3, -0.25) is 5.10 Å². The van der Waals surface area contributed by atoms with E-state index in [1.54, 1.807) is 6.20 Å². The van der Waals surface area contributed by atoms with Crippen molar-refractivity contribution in [3.8, 4) is 0 Å². The highest BCUT2D eigenvalue weighted by molar-refractivity contribution is 7.87. The topological polar surface area (TPSA) is 98.3 Å². The molecule has 0 bridgehead atoms. The van der Waals surface area contributed by atoms with Gasteiger partial charge in [0.2, 0.25) is 0 Å². The van der Waals surface area contributed by atoms with Crippen molar-refractivity contribution >= 4 is 10.2 Å². The zero-order valence-corrected chi connectivity index (χ0v) is 11.8. The highest BCUT2D eigenvalue weighted by atomic mass is 32.2. The van der Waals surface area contributed by atoms with Gasteiger partial charge in [-0.2, -0.15) is 22.5 Å². The smallest absolute Gasteiger partial charge is 0.280 e. The second-order valence-corrected chi connectivity index (χ2v) is 6.50. The van der Waals surface area contributed by atoms with Crippen LogP contribution in [0.5, 0.6) is 0 Å². The first-order chi connectivity index (χ1) is 9.04. The summed E-state index contributed by atoms with van der Waals surface area (Å²) in [6.45, 7) is 2.38. The Morgan fingerprint density at radius 1 is 1.58 bits per heavy atom. The van der Waals surface area contributed by atoms with Crippen molar-refractivity contribution in [2.24, 2.45) is 0 Å². The molecule has 1 aliphatic heterocycles. The standard InChI is InChI=1S/C11H20N4O3S/c1-9-10(6-12-14-9)7-13-19(17,18)15-5-3-2-4-11(15)8-16/h6,11,13,16H,2-5,7-8H2,1H3,(H,12,14). The van der Waals surface area contributed by atoms with Crippen LogP contribution in [0.25, 0.3) is 0 Å². The Kier molecular flexibility index (Phi) is 4.56.